The lowest BCUT2D eigenvalue weighted by atomic mass is 10.1. The van der Waals surface area contributed by atoms with Gasteiger partial charge >= 0.3 is 0 Å². The number of sulfonamides is 1. The lowest BCUT2D eigenvalue weighted by Gasteiger charge is -2.31. The Balaban J connectivity index is 1.99. The number of nitrogens with zero attached hydrogens (tertiary/aromatic N) is 3. The molecule has 1 aromatic heterocycles. The van der Waals surface area contributed by atoms with Crippen molar-refractivity contribution in [3.05, 3.63) is 98.1 Å². The number of hydrogen-bond donors (Lipinski definition) is 0. The van der Waals surface area contributed by atoms with Crippen molar-refractivity contribution in [3.63, 3.8) is 0 Å². The van der Waals surface area contributed by atoms with E-state index in [1.54, 1.807) is 41.0 Å². The summed E-state index contributed by atoms with van der Waals surface area (Å²) in [6, 6.07) is 15.6. The number of halogens is 1. The predicted octanol–water partition coefficient (Wildman–Crippen LogP) is 7.21. The van der Waals surface area contributed by atoms with Gasteiger partial charge in [0.15, 0.2) is 0 Å². The van der Waals surface area contributed by atoms with Gasteiger partial charge in [0.2, 0.25) is 10.0 Å². The molecule has 8 heteroatoms. The number of unbranched alkanes of at least 4 members (excludes halogenated alkanes) is 2. The van der Waals surface area contributed by atoms with Crippen LogP contribution < -0.4 is 5.56 Å². The molecule has 6 nitrogen and oxygen atoms in total. The summed E-state index contributed by atoms with van der Waals surface area (Å²) in [5, 5.41) is 1.02. The van der Waals surface area contributed by atoms with Crippen LogP contribution in [0, 0.1) is 27.7 Å². The van der Waals surface area contributed by atoms with E-state index in [2.05, 4.69) is 6.92 Å². The summed E-state index contributed by atoms with van der Waals surface area (Å²) in [4.78, 5) is 19.2. The maximum Gasteiger partial charge on any atom is 0.266 e. The summed E-state index contributed by atoms with van der Waals surface area (Å²) in [5.74, 6) is 0.367. The summed E-state index contributed by atoms with van der Waals surface area (Å²) in [5.41, 5.74) is 4.12. The molecule has 0 aliphatic rings. The van der Waals surface area contributed by atoms with Gasteiger partial charge in [-0.15, -0.1) is 0 Å². The number of hydrogen-bond acceptors (Lipinski definition) is 4. The Labute approximate surface area is 236 Å². The maximum absolute atomic E-state index is 14.4. The molecular formula is C31H36ClN3O3S. The molecule has 0 saturated heterocycles. The molecule has 0 aliphatic heterocycles. The largest absolute Gasteiger partial charge is 0.268 e. The Morgan fingerprint density at radius 1 is 0.949 bits per heavy atom. The number of para-hydroxylation sites is 1. The minimum Gasteiger partial charge on any atom is -0.268 e. The van der Waals surface area contributed by atoms with Gasteiger partial charge in [0, 0.05) is 11.6 Å². The standard InChI is InChI=1S/C31H36ClN3O3S/c1-7-8-11-16-34(39(37,38)29-22(4)17-20(2)18-23(29)5)24(6)30-33-27-13-10-9-12-26(27)31(36)35(30)28-15-14-25(32)19-21(28)3/h9-10,12-15,17-19,24H,7-8,11,16H2,1-6H3. The second-order valence-electron chi connectivity index (χ2n) is 10.3. The SMILES string of the molecule is CCCCCN(C(C)c1nc2ccccc2c(=O)n1-c1ccc(Cl)cc1C)S(=O)(=O)c1c(C)cc(C)cc1C. The zero-order valence-electron chi connectivity index (χ0n) is 23.5. The molecule has 3 aromatic carbocycles. The van der Waals surface area contributed by atoms with Crippen LogP contribution in [0.15, 0.2) is 64.3 Å². The van der Waals surface area contributed by atoms with Gasteiger partial charge in [-0.2, -0.15) is 4.31 Å². The topological polar surface area (TPSA) is 72.3 Å². The van der Waals surface area contributed by atoms with Crippen molar-refractivity contribution in [1.29, 1.82) is 0 Å². The Morgan fingerprint density at radius 2 is 1.62 bits per heavy atom. The van der Waals surface area contributed by atoms with Crippen molar-refractivity contribution in [2.45, 2.75) is 71.7 Å². The van der Waals surface area contributed by atoms with Gasteiger partial charge in [0.05, 0.1) is 27.5 Å². The normalized spacial score (nSPS) is 12.8. The molecule has 0 saturated carbocycles. The summed E-state index contributed by atoms with van der Waals surface area (Å²) < 4.78 is 31.9. The van der Waals surface area contributed by atoms with Crippen LogP contribution in [0.1, 0.15) is 67.2 Å². The van der Waals surface area contributed by atoms with Gasteiger partial charge in [0.1, 0.15) is 5.82 Å². The molecule has 0 N–H and O–H groups in total. The molecule has 206 valence electrons. The van der Waals surface area contributed by atoms with Crippen molar-refractivity contribution < 1.29 is 8.42 Å². The molecule has 1 unspecified atom stereocenters. The van der Waals surface area contributed by atoms with E-state index in [4.69, 9.17) is 16.6 Å². The van der Waals surface area contributed by atoms with Gasteiger partial charge in [0.25, 0.3) is 5.56 Å². The van der Waals surface area contributed by atoms with Gasteiger partial charge < -0.3 is 0 Å². The molecule has 1 heterocycles. The van der Waals surface area contributed by atoms with Crippen LogP contribution in [-0.4, -0.2) is 28.8 Å². The number of aromatic nitrogens is 2. The van der Waals surface area contributed by atoms with Gasteiger partial charge in [-0.3, -0.25) is 9.36 Å². The van der Waals surface area contributed by atoms with Crippen LogP contribution in [-0.2, 0) is 10.0 Å². The first-order valence-corrected chi connectivity index (χ1v) is 15.2. The smallest absolute Gasteiger partial charge is 0.266 e. The molecule has 0 fully saturated rings. The minimum atomic E-state index is -3.93. The van der Waals surface area contributed by atoms with Crippen molar-refractivity contribution in [3.8, 4) is 5.69 Å². The molecular weight excluding hydrogens is 530 g/mol. The average Bonchev–Trinajstić information content (AvgIpc) is 2.86. The molecule has 0 bridgehead atoms. The summed E-state index contributed by atoms with van der Waals surface area (Å²) >= 11 is 6.24. The molecule has 4 rings (SSSR count). The third-order valence-electron chi connectivity index (χ3n) is 7.16. The van der Waals surface area contributed by atoms with Crippen LogP contribution in [0.2, 0.25) is 5.02 Å². The molecule has 1 atom stereocenters. The van der Waals surface area contributed by atoms with E-state index in [1.807, 2.05) is 52.8 Å². The van der Waals surface area contributed by atoms with E-state index in [0.717, 1.165) is 24.0 Å². The predicted molar refractivity (Wildman–Crippen MR) is 160 cm³/mol. The Kier molecular flexibility index (Phi) is 8.64. The second-order valence-corrected chi connectivity index (χ2v) is 12.5. The number of aryl methyl sites for hydroxylation is 4. The average molecular weight is 566 g/mol. The highest BCUT2D eigenvalue weighted by molar-refractivity contribution is 7.89. The van der Waals surface area contributed by atoms with Crippen LogP contribution >= 0.6 is 11.6 Å². The Morgan fingerprint density at radius 3 is 2.26 bits per heavy atom. The number of benzene rings is 3. The van der Waals surface area contributed by atoms with Crippen molar-refractivity contribution in [2.24, 2.45) is 0 Å². The van der Waals surface area contributed by atoms with Crippen molar-refractivity contribution in [1.82, 2.24) is 13.9 Å². The summed E-state index contributed by atoms with van der Waals surface area (Å²) in [7, 11) is -3.93. The highest BCUT2D eigenvalue weighted by Gasteiger charge is 2.35. The first-order chi connectivity index (χ1) is 18.5. The zero-order chi connectivity index (χ0) is 28.5. The van der Waals surface area contributed by atoms with Crippen LogP contribution in [0.4, 0.5) is 0 Å². The monoisotopic (exact) mass is 565 g/mol. The first-order valence-electron chi connectivity index (χ1n) is 13.3. The molecule has 4 aromatic rings. The highest BCUT2D eigenvalue weighted by atomic mass is 35.5. The number of fused-ring (bicyclic) bond motifs is 1. The molecule has 0 amide bonds. The molecule has 39 heavy (non-hydrogen) atoms. The van der Waals surface area contributed by atoms with Crippen LogP contribution in [0.25, 0.3) is 16.6 Å². The zero-order valence-corrected chi connectivity index (χ0v) is 25.0. The van der Waals surface area contributed by atoms with Gasteiger partial charge in [-0.25, -0.2) is 13.4 Å². The van der Waals surface area contributed by atoms with Crippen molar-refractivity contribution >= 4 is 32.5 Å². The highest BCUT2D eigenvalue weighted by Crippen LogP contribution is 2.33. The van der Waals surface area contributed by atoms with Gasteiger partial charge in [-0.05, 0) is 88.1 Å². The Bertz CT molecular complexity index is 1670. The van der Waals surface area contributed by atoms with E-state index in [9.17, 15) is 13.2 Å². The molecule has 0 spiro atoms. The fraction of sp³-hybridized carbons (Fsp3) is 0.355. The quantitative estimate of drug-likeness (QED) is 0.201. The summed E-state index contributed by atoms with van der Waals surface area (Å²) in [6.45, 7) is 11.7. The maximum atomic E-state index is 14.4. The van der Waals surface area contributed by atoms with Crippen LogP contribution in [0.3, 0.4) is 0 Å². The third-order valence-corrected chi connectivity index (χ3v) is 9.67. The first kappa shape index (κ1) is 29.0. The fourth-order valence-electron chi connectivity index (χ4n) is 5.39. The second kappa shape index (κ2) is 11.6. The molecule has 0 aliphatic carbocycles. The van der Waals surface area contributed by atoms with E-state index in [-0.39, 0.29) is 5.56 Å². The van der Waals surface area contributed by atoms with Crippen molar-refractivity contribution in [2.75, 3.05) is 6.54 Å². The van der Waals surface area contributed by atoms with E-state index >= 15 is 0 Å². The van der Waals surface area contributed by atoms with Gasteiger partial charge in [-0.1, -0.05) is 61.2 Å². The van der Waals surface area contributed by atoms with Crippen LogP contribution in [0.5, 0.6) is 0 Å². The summed E-state index contributed by atoms with van der Waals surface area (Å²) in [6.07, 6.45) is 2.54. The van der Waals surface area contributed by atoms with E-state index in [1.165, 1.54) is 4.31 Å². The number of rotatable bonds is 9. The van der Waals surface area contributed by atoms with E-state index in [0.29, 0.717) is 56.4 Å². The Hall–Kier alpha value is -3.00. The van der Waals surface area contributed by atoms with E-state index < -0.39 is 16.1 Å². The fourth-order valence-corrected chi connectivity index (χ4v) is 7.66. The minimum absolute atomic E-state index is 0.249. The molecule has 0 radical (unpaired) electrons. The lowest BCUT2D eigenvalue weighted by molar-refractivity contribution is 0.319. The third kappa shape index (κ3) is 5.67. The lowest BCUT2D eigenvalue weighted by Crippen LogP contribution is -2.38.